The number of hydrogen-bond acceptors (Lipinski definition) is 4. The Kier molecular flexibility index (Phi) is 8.48. The molecule has 0 saturated heterocycles. The molecule has 0 aromatic carbocycles. The van der Waals surface area contributed by atoms with Crippen molar-refractivity contribution in [2.75, 3.05) is 5.32 Å². The topological polar surface area (TPSA) is 79.5 Å². The minimum atomic E-state index is -0.833. The summed E-state index contributed by atoms with van der Waals surface area (Å²) in [5, 5.41) is 11.2. The van der Waals surface area contributed by atoms with Crippen LogP contribution in [0.4, 0.5) is 5.82 Å². The Morgan fingerprint density at radius 1 is 1.21 bits per heavy atom. The number of anilines is 1. The Bertz CT molecular complexity index is 907. The molecule has 3 aromatic heterocycles. The SMILES string of the molecule is Brc1ccc2nc(-c3ccccn3)c(NC3CCCCC3)n2c1.CC(=O)O.[Cu]. The molecule has 1 radical (unpaired) electrons. The van der Waals surface area contributed by atoms with E-state index in [0.717, 1.165) is 34.2 Å². The maximum atomic E-state index is 9.00. The molecule has 3 aromatic rings. The van der Waals surface area contributed by atoms with Crippen LogP contribution in [0.25, 0.3) is 17.0 Å². The van der Waals surface area contributed by atoms with Crippen molar-refractivity contribution in [1.29, 1.82) is 0 Å². The molecule has 0 unspecified atom stereocenters. The van der Waals surface area contributed by atoms with Crippen LogP contribution in [0.1, 0.15) is 39.0 Å². The summed E-state index contributed by atoms with van der Waals surface area (Å²) in [6.07, 6.45) is 10.3. The predicted molar refractivity (Wildman–Crippen MR) is 110 cm³/mol. The number of hydrogen-bond donors (Lipinski definition) is 2. The van der Waals surface area contributed by atoms with Crippen LogP contribution in [0.2, 0.25) is 0 Å². The molecule has 0 bridgehead atoms. The van der Waals surface area contributed by atoms with Crippen LogP contribution in [0, 0.1) is 0 Å². The zero-order valence-corrected chi connectivity index (χ0v) is 18.1. The molecule has 153 valence electrons. The average Bonchev–Trinajstić information content (AvgIpc) is 3.01. The van der Waals surface area contributed by atoms with E-state index in [0.29, 0.717) is 6.04 Å². The molecule has 1 aliphatic rings. The molecule has 0 spiro atoms. The second-order valence-corrected chi connectivity index (χ2v) is 7.51. The van der Waals surface area contributed by atoms with E-state index in [9.17, 15) is 0 Å². The number of aliphatic carboxylic acids is 1. The Labute approximate surface area is 183 Å². The first kappa shape index (κ1) is 22.4. The fourth-order valence-corrected chi connectivity index (χ4v) is 3.62. The maximum absolute atomic E-state index is 9.00. The molecule has 3 heterocycles. The molecule has 0 atom stereocenters. The summed E-state index contributed by atoms with van der Waals surface area (Å²) in [6, 6.07) is 10.5. The van der Waals surface area contributed by atoms with E-state index in [-0.39, 0.29) is 17.1 Å². The van der Waals surface area contributed by atoms with Gasteiger partial charge in [0.15, 0.2) is 0 Å². The fourth-order valence-electron chi connectivity index (χ4n) is 3.28. The van der Waals surface area contributed by atoms with Crippen molar-refractivity contribution in [2.24, 2.45) is 0 Å². The maximum Gasteiger partial charge on any atom is 0.300 e. The Hall–Kier alpha value is -1.89. The van der Waals surface area contributed by atoms with Gasteiger partial charge in [0.2, 0.25) is 0 Å². The number of carbonyl (C=O) groups is 1. The van der Waals surface area contributed by atoms with Crippen LogP contribution in [0.5, 0.6) is 0 Å². The van der Waals surface area contributed by atoms with Crippen molar-refractivity contribution in [3.05, 3.63) is 47.2 Å². The number of pyridine rings is 2. The van der Waals surface area contributed by atoms with E-state index < -0.39 is 5.97 Å². The predicted octanol–water partition coefficient (Wildman–Crippen LogP) is 4.99. The number of aromatic nitrogens is 3. The van der Waals surface area contributed by atoms with Gasteiger partial charge in [-0.05, 0) is 53.0 Å². The van der Waals surface area contributed by atoms with Crippen LogP contribution in [-0.2, 0) is 21.9 Å². The molecule has 4 rings (SSSR count). The summed E-state index contributed by atoms with van der Waals surface area (Å²) in [5.41, 5.74) is 2.77. The molecule has 0 amide bonds. The van der Waals surface area contributed by atoms with Gasteiger partial charge in [0.25, 0.3) is 5.97 Å². The molecular weight excluding hydrogens is 472 g/mol. The third-order valence-corrected chi connectivity index (χ3v) is 4.91. The first-order chi connectivity index (χ1) is 13.0. The largest absolute Gasteiger partial charge is 0.481 e. The fraction of sp³-hybridized carbons (Fsp3) is 0.350. The van der Waals surface area contributed by atoms with Crippen LogP contribution in [0.3, 0.4) is 0 Å². The van der Waals surface area contributed by atoms with Crippen molar-refractivity contribution in [1.82, 2.24) is 14.4 Å². The van der Waals surface area contributed by atoms with Crippen LogP contribution >= 0.6 is 15.9 Å². The number of nitrogens with zero attached hydrogens (tertiary/aromatic N) is 3. The minimum Gasteiger partial charge on any atom is -0.481 e. The first-order valence-electron chi connectivity index (χ1n) is 9.09. The Morgan fingerprint density at radius 2 is 1.93 bits per heavy atom. The quantitative estimate of drug-likeness (QED) is 0.501. The third-order valence-electron chi connectivity index (χ3n) is 4.44. The minimum absolute atomic E-state index is 0. The van der Waals surface area contributed by atoms with Gasteiger partial charge in [-0.3, -0.25) is 14.2 Å². The first-order valence-corrected chi connectivity index (χ1v) is 9.89. The van der Waals surface area contributed by atoms with E-state index in [2.05, 4.69) is 36.8 Å². The molecule has 8 heteroatoms. The van der Waals surface area contributed by atoms with Crippen molar-refractivity contribution in [3.8, 4) is 11.4 Å². The van der Waals surface area contributed by atoms with E-state index in [1.54, 1.807) is 0 Å². The Balaban J connectivity index is 0.000000515. The molecule has 1 fully saturated rings. The van der Waals surface area contributed by atoms with Crippen molar-refractivity contribution >= 4 is 33.4 Å². The van der Waals surface area contributed by atoms with Gasteiger partial charge in [0.05, 0.1) is 5.69 Å². The van der Waals surface area contributed by atoms with Crippen molar-refractivity contribution < 1.29 is 27.0 Å². The zero-order valence-electron chi connectivity index (χ0n) is 15.5. The van der Waals surface area contributed by atoms with E-state index in [1.165, 1.54) is 32.1 Å². The standard InChI is InChI=1S/C18H19BrN4.C2H4O2.Cu/c19-13-9-10-16-22-17(15-8-4-5-11-20-15)18(23(16)12-13)21-14-6-2-1-3-7-14;1-2(3)4;/h4-5,8-12,14,21H,1-3,6-7H2;1H3,(H,3,4);. The summed E-state index contributed by atoms with van der Waals surface area (Å²) < 4.78 is 3.17. The summed E-state index contributed by atoms with van der Waals surface area (Å²) >= 11 is 3.57. The number of rotatable bonds is 3. The van der Waals surface area contributed by atoms with E-state index in [4.69, 9.17) is 14.9 Å². The number of halogens is 1. The molecule has 1 aliphatic carbocycles. The number of fused-ring (bicyclic) bond motifs is 1. The average molecular weight is 495 g/mol. The zero-order chi connectivity index (χ0) is 19.2. The summed E-state index contributed by atoms with van der Waals surface area (Å²) in [4.78, 5) is 18.3. The molecule has 28 heavy (non-hydrogen) atoms. The normalized spacial score (nSPS) is 13.9. The molecule has 6 nitrogen and oxygen atoms in total. The molecule has 2 N–H and O–H groups in total. The smallest absolute Gasteiger partial charge is 0.300 e. The third kappa shape index (κ3) is 5.80. The molecule has 0 aliphatic heterocycles. The Morgan fingerprint density at radius 3 is 2.57 bits per heavy atom. The monoisotopic (exact) mass is 493 g/mol. The summed E-state index contributed by atoms with van der Waals surface area (Å²) in [7, 11) is 0. The second kappa shape index (κ2) is 10.6. The second-order valence-electron chi connectivity index (χ2n) is 6.60. The number of imidazole rings is 1. The van der Waals surface area contributed by atoms with Crippen LogP contribution < -0.4 is 5.32 Å². The number of carboxylic acids is 1. The van der Waals surface area contributed by atoms with Crippen molar-refractivity contribution in [2.45, 2.75) is 45.1 Å². The van der Waals surface area contributed by atoms with Crippen LogP contribution in [0.15, 0.2) is 47.2 Å². The van der Waals surface area contributed by atoms with Gasteiger partial charge in [-0.2, -0.15) is 0 Å². The number of nitrogens with one attached hydrogen (secondary N) is 1. The van der Waals surface area contributed by atoms with Gasteiger partial charge in [0.1, 0.15) is 17.2 Å². The summed E-state index contributed by atoms with van der Waals surface area (Å²) in [6.45, 7) is 1.08. The molecular formula is C20H23BrCuN4O2. The van der Waals surface area contributed by atoms with Gasteiger partial charge in [-0.1, -0.05) is 25.3 Å². The van der Waals surface area contributed by atoms with Crippen molar-refractivity contribution in [3.63, 3.8) is 0 Å². The van der Waals surface area contributed by atoms with Crippen LogP contribution in [-0.4, -0.2) is 31.5 Å². The summed E-state index contributed by atoms with van der Waals surface area (Å²) in [5.74, 6) is 0.215. The van der Waals surface area contributed by atoms with Gasteiger partial charge >= 0.3 is 0 Å². The molecule has 1 saturated carbocycles. The number of carboxylic acid groups (broad SMARTS) is 1. The van der Waals surface area contributed by atoms with Gasteiger partial charge < -0.3 is 10.4 Å². The van der Waals surface area contributed by atoms with Gasteiger partial charge in [-0.25, -0.2) is 4.98 Å². The van der Waals surface area contributed by atoms with Gasteiger partial charge in [-0.15, -0.1) is 0 Å². The van der Waals surface area contributed by atoms with E-state index >= 15 is 0 Å². The van der Waals surface area contributed by atoms with Gasteiger partial charge in [0, 0.05) is 46.9 Å². The van der Waals surface area contributed by atoms with E-state index in [1.807, 2.05) is 36.5 Å².